The molecule has 0 radical (unpaired) electrons. The van der Waals surface area contributed by atoms with Crippen molar-refractivity contribution in [2.24, 2.45) is 0 Å². The molecule has 1 aliphatic rings. The first kappa shape index (κ1) is 34.9. The Bertz CT molecular complexity index is 1610. The summed E-state index contributed by atoms with van der Waals surface area (Å²) in [6.07, 6.45) is 3.41. The number of hydrogen-bond donors (Lipinski definition) is 2. The highest BCUT2D eigenvalue weighted by atomic mass is 16.6. The van der Waals surface area contributed by atoms with E-state index in [9.17, 15) is 24.5 Å². The van der Waals surface area contributed by atoms with Crippen LogP contribution in [0.4, 0.5) is 22.7 Å². The fraction of sp³-hybridized carbons (Fsp3) is 0.382. The first-order valence-corrected chi connectivity index (χ1v) is 15.5. The van der Waals surface area contributed by atoms with Crippen LogP contribution >= 0.6 is 0 Å². The third-order valence-corrected chi connectivity index (χ3v) is 8.32. The van der Waals surface area contributed by atoms with Crippen molar-refractivity contribution in [1.29, 1.82) is 0 Å². The van der Waals surface area contributed by atoms with E-state index >= 15 is 0 Å². The van der Waals surface area contributed by atoms with Gasteiger partial charge in [0.15, 0.2) is 0 Å². The molecule has 1 unspecified atom stereocenters. The van der Waals surface area contributed by atoms with E-state index in [2.05, 4.69) is 22.2 Å². The van der Waals surface area contributed by atoms with Crippen LogP contribution in [0, 0.1) is 17.0 Å². The number of nitro benzene ring substituents is 1. The zero-order valence-corrected chi connectivity index (χ0v) is 27.2. The summed E-state index contributed by atoms with van der Waals surface area (Å²) < 4.78 is 11.6. The maximum Gasteiger partial charge on any atom is 0.292 e. The van der Waals surface area contributed by atoms with Crippen molar-refractivity contribution in [3.63, 3.8) is 0 Å². The second-order valence-corrected chi connectivity index (χ2v) is 11.6. The maximum absolute atomic E-state index is 13.6. The number of nitrogen functional groups attached to an aromatic ring is 1. The first-order chi connectivity index (χ1) is 22.5. The SMILES string of the molecule is COc1cc(C(=O)N(C)c2ccc(C)cc2OCCCCC(C=O)N2CCN(C)CC2)ccc1NC(=O)c1cccc([N+](=O)[O-])c1N. The molecule has 13 nitrogen and oxygen atoms in total. The maximum atomic E-state index is 13.6. The average Bonchev–Trinajstić information content (AvgIpc) is 3.06. The van der Waals surface area contributed by atoms with Gasteiger partial charge in [-0.25, -0.2) is 0 Å². The molecule has 0 saturated carbocycles. The van der Waals surface area contributed by atoms with Crippen LogP contribution in [0.5, 0.6) is 11.5 Å². The highest BCUT2D eigenvalue weighted by Crippen LogP contribution is 2.33. The van der Waals surface area contributed by atoms with Crippen molar-refractivity contribution in [1.82, 2.24) is 9.80 Å². The van der Waals surface area contributed by atoms with E-state index < -0.39 is 10.8 Å². The number of methoxy groups -OCH3 is 1. The molecule has 3 aromatic carbocycles. The van der Waals surface area contributed by atoms with Gasteiger partial charge in [-0.05, 0) is 75.2 Å². The van der Waals surface area contributed by atoms with Gasteiger partial charge in [0, 0.05) is 44.9 Å². The molecule has 3 N–H and O–H groups in total. The van der Waals surface area contributed by atoms with Crippen LogP contribution in [-0.4, -0.2) is 92.9 Å². The molecule has 1 heterocycles. The minimum absolute atomic E-state index is 0.0633. The van der Waals surface area contributed by atoms with Gasteiger partial charge < -0.3 is 35.1 Å². The van der Waals surface area contributed by atoms with Crippen molar-refractivity contribution in [3.8, 4) is 11.5 Å². The molecular weight excluding hydrogens is 604 g/mol. The Morgan fingerprint density at radius 1 is 1.09 bits per heavy atom. The molecule has 1 aliphatic heterocycles. The number of carbonyl (C=O) groups is 3. The van der Waals surface area contributed by atoms with Crippen molar-refractivity contribution < 1.29 is 28.8 Å². The van der Waals surface area contributed by atoms with E-state index in [4.69, 9.17) is 15.2 Å². The number of para-hydroxylation sites is 1. The Hall–Kier alpha value is -5.01. The smallest absolute Gasteiger partial charge is 0.292 e. The van der Waals surface area contributed by atoms with Crippen LogP contribution in [0.15, 0.2) is 54.6 Å². The van der Waals surface area contributed by atoms with E-state index in [1.807, 2.05) is 25.1 Å². The molecule has 0 spiro atoms. The van der Waals surface area contributed by atoms with Crippen LogP contribution in [0.25, 0.3) is 0 Å². The fourth-order valence-corrected chi connectivity index (χ4v) is 5.47. The van der Waals surface area contributed by atoms with Crippen molar-refractivity contribution >= 4 is 40.9 Å². The number of nitrogens with two attached hydrogens (primary N) is 1. The molecule has 1 saturated heterocycles. The summed E-state index contributed by atoms with van der Waals surface area (Å²) in [5.41, 5.74) is 7.29. The lowest BCUT2D eigenvalue weighted by molar-refractivity contribution is -0.383. The number of carbonyl (C=O) groups excluding carboxylic acids is 3. The number of aryl methyl sites for hydroxylation is 1. The molecule has 13 heteroatoms. The molecule has 2 amide bonds. The number of likely N-dealkylation sites (N-methyl/N-ethyl adjacent to an activating group) is 1. The molecule has 4 rings (SSSR count). The summed E-state index contributed by atoms with van der Waals surface area (Å²) in [7, 11) is 5.14. The lowest BCUT2D eigenvalue weighted by Crippen LogP contribution is -2.49. The quantitative estimate of drug-likeness (QED) is 0.0845. The third kappa shape index (κ3) is 8.63. The van der Waals surface area contributed by atoms with Crippen LogP contribution in [-0.2, 0) is 4.79 Å². The normalized spacial score (nSPS) is 14.2. The summed E-state index contributed by atoms with van der Waals surface area (Å²) in [6, 6.07) is 14.1. The number of ether oxygens (including phenoxy) is 2. The van der Waals surface area contributed by atoms with Gasteiger partial charge in [-0.15, -0.1) is 0 Å². The summed E-state index contributed by atoms with van der Waals surface area (Å²) in [4.78, 5) is 54.9. The molecule has 47 heavy (non-hydrogen) atoms. The van der Waals surface area contributed by atoms with Gasteiger partial charge in [0.25, 0.3) is 17.5 Å². The standard InChI is InChI=1S/C34H42N6O7/c1-23-11-14-28(31(20-23)47-19-6-5-8-25(22-41)39-17-15-37(2)16-18-39)38(3)34(43)24-12-13-27(30(21-24)46-4)36-33(42)26-9-7-10-29(32(26)35)40(44)45/h7,9-14,20-22,25H,5-6,8,15-19,35H2,1-4H3,(H,36,42). The van der Waals surface area contributed by atoms with E-state index in [0.717, 1.165) is 57.3 Å². The Morgan fingerprint density at radius 3 is 2.51 bits per heavy atom. The van der Waals surface area contributed by atoms with Crippen LogP contribution in [0.3, 0.4) is 0 Å². The lowest BCUT2D eigenvalue weighted by Gasteiger charge is -2.35. The predicted molar refractivity (Wildman–Crippen MR) is 181 cm³/mol. The number of aldehydes is 1. The van der Waals surface area contributed by atoms with Gasteiger partial charge in [-0.1, -0.05) is 12.1 Å². The summed E-state index contributed by atoms with van der Waals surface area (Å²) in [6.45, 7) is 6.08. The highest BCUT2D eigenvalue weighted by Gasteiger charge is 2.24. The summed E-state index contributed by atoms with van der Waals surface area (Å²) in [5.74, 6) is -0.216. The first-order valence-electron chi connectivity index (χ1n) is 15.5. The molecular formula is C34H42N6O7. The molecule has 0 bridgehead atoms. The number of nitrogens with zero attached hydrogens (tertiary/aromatic N) is 4. The Kier molecular flexibility index (Phi) is 11.9. The number of rotatable bonds is 14. The number of unbranched alkanes of at least 4 members (excludes halogenated alkanes) is 1. The minimum atomic E-state index is -0.664. The zero-order valence-electron chi connectivity index (χ0n) is 27.2. The molecule has 1 atom stereocenters. The zero-order chi connectivity index (χ0) is 34.1. The Balaban J connectivity index is 1.40. The Morgan fingerprint density at radius 2 is 1.83 bits per heavy atom. The molecule has 0 aliphatic carbocycles. The molecule has 3 aromatic rings. The van der Waals surface area contributed by atoms with Crippen molar-refractivity contribution in [2.75, 3.05) is 69.9 Å². The molecule has 1 fully saturated rings. The second kappa shape index (κ2) is 16.0. The van der Waals surface area contributed by atoms with Gasteiger partial charge in [0.1, 0.15) is 23.5 Å². The Labute approximate surface area is 274 Å². The van der Waals surface area contributed by atoms with Gasteiger partial charge in [-0.2, -0.15) is 0 Å². The number of anilines is 3. The summed E-state index contributed by atoms with van der Waals surface area (Å²) in [5, 5.41) is 13.9. The number of nitrogens with one attached hydrogen (secondary N) is 1. The van der Waals surface area contributed by atoms with E-state index in [0.29, 0.717) is 23.6 Å². The number of piperazine rings is 1. The van der Waals surface area contributed by atoms with E-state index in [1.165, 1.54) is 42.3 Å². The van der Waals surface area contributed by atoms with E-state index in [1.54, 1.807) is 13.1 Å². The van der Waals surface area contributed by atoms with Crippen LogP contribution in [0.1, 0.15) is 45.5 Å². The van der Waals surface area contributed by atoms with Gasteiger partial charge >= 0.3 is 0 Å². The minimum Gasteiger partial charge on any atom is -0.495 e. The third-order valence-electron chi connectivity index (χ3n) is 8.32. The van der Waals surface area contributed by atoms with Gasteiger partial charge in [0.2, 0.25) is 0 Å². The van der Waals surface area contributed by atoms with Gasteiger partial charge in [-0.3, -0.25) is 24.6 Å². The fourth-order valence-electron chi connectivity index (χ4n) is 5.47. The van der Waals surface area contributed by atoms with Crippen molar-refractivity contribution in [3.05, 3.63) is 81.4 Å². The second-order valence-electron chi connectivity index (χ2n) is 11.6. The molecule has 0 aromatic heterocycles. The van der Waals surface area contributed by atoms with Gasteiger partial charge in [0.05, 0.1) is 41.6 Å². The van der Waals surface area contributed by atoms with Crippen LogP contribution < -0.4 is 25.4 Å². The largest absolute Gasteiger partial charge is 0.495 e. The average molecular weight is 647 g/mol. The highest BCUT2D eigenvalue weighted by molar-refractivity contribution is 6.10. The van der Waals surface area contributed by atoms with E-state index in [-0.39, 0.29) is 40.3 Å². The number of hydrogen-bond acceptors (Lipinski definition) is 10. The number of benzene rings is 3. The lowest BCUT2D eigenvalue weighted by atomic mass is 10.1. The monoisotopic (exact) mass is 646 g/mol. The number of amides is 2. The van der Waals surface area contributed by atoms with Crippen molar-refractivity contribution in [2.45, 2.75) is 32.2 Å². The molecule has 250 valence electrons. The topological polar surface area (TPSA) is 161 Å². The number of nitro groups is 1. The summed E-state index contributed by atoms with van der Waals surface area (Å²) >= 11 is 0. The predicted octanol–water partition coefficient (Wildman–Crippen LogP) is 4.39. The van der Waals surface area contributed by atoms with Crippen LogP contribution in [0.2, 0.25) is 0 Å².